The summed E-state index contributed by atoms with van der Waals surface area (Å²) in [6.07, 6.45) is -4.56. The number of para-hydroxylation sites is 1. The van der Waals surface area contributed by atoms with E-state index in [2.05, 4.69) is 0 Å². The molecular weight excluding hydrogens is 301 g/mol. The largest absolute Gasteiger partial charge is 0.418 e. The first-order valence-corrected chi connectivity index (χ1v) is 7.66. The number of halogens is 3. The zero-order chi connectivity index (χ0) is 15.8. The molecule has 1 amide bonds. The van der Waals surface area contributed by atoms with Gasteiger partial charge in [-0.3, -0.25) is 4.79 Å². The molecule has 1 fully saturated rings. The summed E-state index contributed by atoms with van der Waals surface area (Å²) in [4.78, 5) is 14.1. The number of carbonyl (C=O) groups is 1. The summed E-state index contributed by atoms with van der Waals surface area (Å²) in [5.41, 5.74) is 4.06. The van der Waals surface area contributed by atoms with Crippen LogP contribution < -0.4 is 5.73 Å². The Morgan fingerprint density at radius 3 is 2.67 bits per heavy atom. The van der Waals surface area contributed by atoms with Gasteiger partial charge in [0.05, 0.1) is 16.8 Å². The molecule has 1 aromatic rings. The van der Waals surface area contributed by atoms with Gasteiger partial charge in [0.15, 0.2) is 0 Å². The van der Waals surface area contributed by atoms with Crippen molar-refractivity contribution in [3.05, 3.63) is 29.3 Å². The van der Waals surface area contributed by atoms with Gasteiger partial charge in [-0.1, -0.05) is 13.0 Å². The fraction of sp³-hybridized carbons (Fsp3) is 0.500. The predicted octanol–water partition coefficient (Wildman–Crippen LogP) is 3.25. The second-order valence-electron chi connectivity index (χ2n) is 5.08. The van der Waals surface area contributed by atoms with Crippen molar-refractivity contribution in [3.8, 4) is 0 Å². The number of nitrogen functional groups attached to an aromatic ring is 1. The molecule has 1 aliphatic rings. The van der Waals surface area contributed by atoms with Gasteiger partial charge < -0.3 is 10.6 Å². The second-order valence-corrected chi connectivity index (χ2v) is 6.56. The summed E-state index contributed by atoms with van der Waals surface area (Å²) in [5, 5.41) is 0.245. The van der Waals surface area contributed by atoms with Gasteiger partial charge >= 0.3 is 6.18 Å². The van der Waals surface area contributed by atoms with Gasteiger partial charge in [0, 0.05) is 23.6 Å². The Kier molecular flexibility index (Phi) is 4.41. The Morgan fingerprint density at radius 2 is 2.05 bits per heavy atom. The van der Waals surface area contributed by atoms with Crippen LogP contribution in [-0.4, -0.2) is 34.4 Å². The van der Waals surface area contributed by atoms with Crippen LogP contribution in [0.3, 0.4) is 0 Å². The zero-order valence-electron chi connectivity index (χ0n) is 11.8. The maximum absolute atomic E-state index is 12.9. The van der Waals surface area contributed by atoms with Crippen molar-refractivity contribution in [1.82, 2.24) is 4.90 Å². The fourth-order valence-electron chi connectivity index (χ4n) is 2.37. The zero-order valence-corrected chi connectivity index (χ0v) is 12.6. The van der Waals surface area contributed by atoms with Crippen LogP contribution in [-0.2, 0) is 6.18 Å². The Labute approximate surface area is 125 Å². The lowest BCUT2D eigenvalue weighted by molar-refractivity contribution is -0.136. The number of amides is 1. The van der Waals surface area contributed by atoms with E-state index in [1.165, 1.54) is 12.1 Å². The van der Waals surface area contributed by atoms with Gasteiger partial charge in [-0.2, -0.15) is 24.9 Å². The Balaban J connectivity index is 2.36. The smallest absolute Gasteiger partial charge is 0.398 e. The van der Waals surface area contributed by atoms with E-state index in [1.807, 2.05) is 13.8 Å². The second kappa shape index (κ2) is 5.79. The number of rotatable bonds is 1. The van der Waals surface area contributed by atoms with Crippen LogP contribution in [0, 0.1) is 0 Å². The third-order valence-electron chi connectivity index (χ3n) is 3.79. The number of nitrogens with zero attached hydrogens (tertiary/aromatic N) is 1. The third-order valence-corrected chi connectivity index (χ3v) is 5.12. The summed E-state index contributed by atoms with van der Waals surface area (Å²) < 4.78 is 38.6. The van der Waals surface area contributed by atoms with E-state index >= 15 is 0 Å². The number of thioether (sulfide) groups is 1. The van der Waals surface area contributed by atoms with Crippen LogP contribution in [0.2, 0.25) is 0 Å². The lowest BCUT2D eigenvalue weighted by atomic mass is 10.0. The van der Waals surface area contributed by atoms with Crippen molar-refractivity contribution < 1.29 is 18.0 Å². The number of alkyl halides is 3. The molecule has 21 heavy (non-hydrogen) atoms. The van der Waals surface area contributed by atoms with Crippen molar-refractivity contribution in [3.63, 3.8) is 0 Å². The summed E-state index contributed by atoms with van der Waals surface area (Å²) >= 11 is 1.75. The van der Waals surface area contributed by atoms with Crippen molar-refractivity contribution in [2.75, 3.05) is 18.0 Å². The van der Waals surface area contributed by atoms with E-state index in [0.29, 0.717) is 6.54 Å². The van der Waals surface area contributed by atoms with E-state index in [0.717, 1.165) is 11.8 Å². The molecular formula is C14H17F3N2OS. The van der Waals surface area contributed by atoms with Crippen molar-refractivity contribution in [2.45, 2.75) is 31.3 Å². The third kappa shape index (κ3) is 3.12. The number of benzene rings is 1. The lowest BCUT2D eigenvalue weighted by Gasteiger charge is -2.37. The van der Waals surface area contributed by atoms with Crippen LogP contribution in [0.15, 0.2) is 18.2 Å². The highest BCUT2D eigenvalue weighted by Crippen LogP contribution is 2.36. The van der Waals surface area contributed by atoms with Gasteiger partial charge in [0.25, 0.3) is 5.91 Å². The molecule has 0 saturated carbocycles. The minimum atomic E-state index is -4.56. The molecule has 2 unspecified atom stereocenters. The molecule has 0 spiro atoms. The maximum atomic E-state index is 12.9. The Hall–Kier alpha value is -1.37. The van der Waals surface area contributed by atoms with E-state index in [1.54, 1.807) is 16.7 Å². The van der Waals surface area contributed by atoms with Crippen molar-refractivity contribution in [2.24, 2.45) is 0 Å². The van der Waals surface area contributed by atoms with Gasteiger partial charge in [-0.05, 0) is 19.1 Å². The van der Waals surface area contributed by atoms with Crippen LogP contribution in [0.4, 0.5) is 18.9 Å². The molecule has 0 bridgehead atoms. The monoisotopic (exact) mass is 318 g/mol. The highest BCUT2D eigenvalue weighted by molar-refractivity contribution is 8.00. The molecule has 2 N–H and O–H groups in total. The highest BCUT2D eigenvalue weighted by Gasteiger charge is 2.36. The minimum Gasteiger partial charge on any atom is -0.398 e. The quantitative estimate of drug-likeness (QED) is 0.809. The first kappa shape index (κ1) is 16.0. The molecule has 116 valence electrons. The summed E-state index contributed by atoms with van der Waals surface area (Å²) in [6.45, 7) is 4.42. The Morgan fingerprint density at radius 1 is 1.38 bits per heavy atom. The van der Waals surface area contributed by atoms with Crippen molar-refractivity contribution >= 4 is 23.4 Å². The molecule has 2 atom stereocenters. The number of anilines is 1. The molecule has 0 aromatic heterocycles. The molecule has 2 rings (SSSR count). The molecule has 0 aliphatic carbocycles. The number of carbonyl (C=O) groups excluding carboxylic acids is 1. The number of hydrogen-bond acceptors (Lipinski definition) is 3. The van der Waals surface area contributed by atoms with Crippen molar-refractivity contribution in [1.29, 1.82) is 0 Å². The van der Waals surface area contributed by atoms with Crippen LogP contribution in [0.1, 0.15) is 29.8 Å². The molecule has 1 heterocycles. The average Bonchev–Trinajstić information content (AvgIpc) is 2.40. The topological polar surface area (TPSA) is 46.3 Å². The number of hydrogen-bond donors (Lipinski definition) is 1. The fourth-order valence-corrected chi connectivity index (χ4v) is 3.47. The van der Waals surface area contributed by atoms with E-state index in [4.69, 9.17) is 5.73 Å². The van der Waals surface area contributed by atoms with Crippen LogP contribution in [0.25, 0.3) is 0 Å². The molecule has 1 aromatic carbocycles. The SMILES string of the molecule is CC1SCCN(C(=O)c2cccc(C(F)(F)F)c2N)C1C. The van der Waals surface area contributed by atoms with Crippen LogP contribution in [0.5, 0.6) is 0 Å². The minimum absolute atomic E-state index is 0.0369. The standard InChI is InChI=1S/C14H17F3N2OS/c1-8-9(2)21-7-6-19(8)13(20)10-4-3-5-11(12(10)18)14(15,16)17/h3-5,8-9H,6-7,18H2,1-2H3. The van der Waals surface area contributed by atoms with Crippen LogP contribution >= 0.6 is 11.8 Å². The molecule has 0 radical (unpaired) electrons. The predicted molar refractivity (Wildman–Crippen MR) is 78.3 cm³/mol. The van der Waals surface area contributed by atoms with Gasteiger partial charge in [0.1, 0.15) is 0 Å². The summed E-state index contributed by atoms with van der Waals surface area (Å²) in [6, 6.07) is 3.43. The van der Waals surface area contributed by atoms with E-state index in [9.17, 15) is 18.0 Å². The molecule has 1 aliphatic heterocycles. The summed E-state index contributed by atoms with van der Waals surface area (Å²) in [5.74, 6) is 0.342. The molecule has 3 nitrogen and oxygen atoms in total. The van der Waals surface area contributed by atoms with E-state index in [-0.39, 0.29) is 16.9 Å². The Bertz CT molecular complexity index is 548. The maximum Gasteiger partial charge on any atom is 0.418 e. The normalized spacial score (nSPS) is 23.2. The summed E-state index contributed by atoms with van der Waals surface area (Å²) in [7, 11) is 0. The molecule has 1 saturated heterocycles. The first-order valence-electron chi connectivity index (χ1n) is 6.61. The molecule has 7 heteroatoms. The highest BCUT2D eigenvalue weighted by atomic mass is 32.2. The van der Waals surface area contributed by atoms with Gasteiger partial charge in [0.2, 0.25) is 0 Å². The lowest BCUT2D eigenvalue weighted by Crippen LogP contribution is -2.48. The first-order chi connectivity index (χ1) is 9.73. The number of nitrogens with two attached hydrogens (primary N) is 1. The van der Waals surface area contributed by atoms with Gasteiger partial charge in [-0.25, -0.2) is 0 Å². The average molecular weight is 318 g/mol. The van der Waals surface area contributed by atoms with Gasteiger partial charge in [-0.15, -0.1) is 0 Å². The van der Waals surface area contributed by atoms with E-state index < -0.39 is 23.3 Å².